The quantitative estimate of drug-likeness (QED) is 0.870. The highest BCUT2D eigenvalue weighted by molar-refractivity contribution is 9.10. The number of amides is 1. The van der Waals surface area contributed by atoms with E-state index in [9.17, 15) is 9.18 Å². The number of anilines is 1. The van der Waals surface area contributed by atoms with E-state index >= 15 is 0 Å². The number of hydrogen-bond acceptors (Lipinski definition) is 2. The van der Waals surface area contributed by atoms with Gasteiger partial charge in [-0.25, -0.2) is 4.39 Å². The summed E-state index contributed by atoms with van der Waals surface area (Å²) in [6.45, 7) is 0. The number of carbonyl (C=O) groups is 1. The largest absolute Gasteiger partial charge is 0.457 e. The lowest BCUT2D eigenvalue weighted by Crippen LogP contribution is -2.12. The van der Waals surface area contributed by atoms with Crippen LogP contribution in [-0.4, -0.2) is 5.91 Å². The first-order valence-electron chi connectivity index (χ1n) is 4.57. The second kappa shape index (κ2) is 5.01. The monoisotopic (exact) mass is 361 g/mol. The van der Waals surface area contributed by atoms with E-state index in [1.54, 1.807) is 6.07 Å². The molecule has 0 aliphatic rings. The molecule has 3 nitrogen and oxygen atoms in total. The van der Waals surface area contributed by atoms with Crippen molar-refractivity contribution in [3.05, 3.63) is 51.1 Å². The Bertz CT molecular complexity index is 568. The van der Waals surface area contributed by atoms with Gasteiger partial charge in [0.15, 0.2) is 4.67 Å². The molecular weight excluding hydrogens is 357 g/mol. The number of rotatable bonds is 2. The zero-order valence-electron chi connectivity index (χ0n) is 8.34. The molecule has 0 spiro atoms. The Kier molecular flexibility index (Phi) is 3.63. The predicted octanol–water partition coefficient (Wildman–Crippen LogP) is 4.20. The van der Waals surface area contributed by atoms with Gasteiger partial charge in [0.05, 0.1) is 17.5 Å². The van der Waals surface area contributed by atoms with E-state index in [1.807, 2.05) is 0 Å². The van der Waals surface area contributed by atoms with E-state index in [1.165, 1.54) is 24.5 Å². The Morgan fingerprint density at radius 1 is 1.29 bits per heavy atom. The molecule has 0 aliphatic carbocycles. The van der Waals surface area contributed by atoms with Crippen LogP contribution in [0.1, 0.15) is 10.4 Å². The highest BCUT2D eigenvalue weighted by atomic mass is 79.9. The summed E-state index contributed by atoms with van der Waals surface area (Å²) < 4.78 is 19.3. The lowest BCUT2D eigenvalue weighted by Gasteiger charge is -2.05. The van der Waals surface area contributed by atoms with E-state index in [0.717, 1.165) is 0 Å². The average molecular weight is 363 g/mol. The molecule has 0 saturated heterocycles. The van der Waals surface area contributed by atoms with Crippen LogP contribution in [-0.2, 0) is 0 Å². The third kappa shape index (κ3) is 2.76. The zero-order valence-corrected chi connectivity index (χ0v) is 11.5. The van der Waals surface area contributed by atoms with Gasteiger partial charge in [-0.3, -0.25) is 4.79 Å². The Hall–Kier alpha value is -1.14. The predicted molar refractivity (Wildman–Crippen MR) is 68.5 cm³/mol. The van der Waals surface area contributed by atoms with Crippen molar-refractivity contribution in [1.29, 1.82) is 0 Å². The second-order valence-electron chi connectivity index (χ2n) is 3.19. The summed E-state index contributed by atoms with van der Waals surface area (Å²) in [6, 6.07) is 5.89. The average Bonchev–Trinajstić information content (AvgIpc) is 2.68. The first-order valence-corrected chi connectivity index (χ1v) is 6.16. The van der Waals surface area contributed by atoms with Gasteiger partial charge in [-0.2, -0.15) is 0 Å². The minimum atomic E-state index is -0.507. The van der Waals surface area contributed by atoms with Crippen LogP contribution in [0.5, 0.6) is 0 Å². The van der Waals surface area contributed by atoms with Crippen LogP contribution in [0.3, 0.4) is 0 Å². The Morgan fingerprint density at radius 2 is 2.06 bits per heavy atom. The van der Waals surface area contributed by atoms with Crippen molar-refractivity contribution in [2.45, 2.75) is 0 Å². The zero-order chi connectivity index (χ0) is 12.4. The van der Waals surface area contributed by atoms with E-state index < -0.39 is 11.7 Å². The maximum absolute atomic E-state index is 13.5. The van der Waals surface area contributed by atoms with Crippen molar-refractivity contribution in [2.24, 2.45) is 0 Å². The molecule has 1 aromatic heterocycles. The summed E-state index contributed by atoms with van der Waals surface area (Å²) >= 11 is 6.22. The standard InChI is InChI=1S/C11H6Br2FNO2/c12-6-1-2-9(8(14)5-6)15-11(16)7-3-4-17-10(7)13/h1-5H,(H,15,16). The lowest BCUT2D eigenvalue weighted by molar-refractivity contribution is 0.102. The number of nitrogens with one attached hydrogen (secondary N) is 1. The fraction of sp³-hybridized carbons (Fsp3) is 0. The summed E-state index contributed by atoms with van der Waals surface area (Å²) in [5.41, 5.74) is 0.429. The molecule has 6 heteroatoms. The van der Waals surface area contributed by atoms with Crippen LogP contribution in [0.2, 0.25) is 0 Å². The molecule has 0 unspecified atom stereocenters. The topological polar surface area (TPSA) is 42.2 Å². The second-order valence-corrected chi connectivity index (χ2v) is 4.82. The fourth-order valence-corrected chi connectivity index (χ4v) is 1.99. The molecule has 0 bridgehead atoms. The maximum Gasteiger partial charge on any atom is 0.260 e. The summed E-state index contributed by atoms with van der Waals surface area (Å²) in [7, 11) is 0. The van der Waals surface area contributed by atoms with Gasteiger partial charge >= 0.3 is 0 Å². The summed E-state index contributed by atoms with van der Waals surface area (Å²) in [5, 5.41) is 2.46. The summed E-state index contributed by atoms with van der Waals surface area (Å²) in [6.07, 6.45) is 1.37. The van der Waals surface area contributed by atoms with Gasteiger partial charge in [0.2, 0.25) is 0 Å². The third-order valence-electron chi connectivity index (χ3n) is 2.04. The van der Waals surface area contributed by atoms with Crippen LogP contribution in [0.15, 0.2) is 44.1 Å². The number of carbonyl (C=O) groups excluding carboxylic acids is 1. The molecule has 1 amide bonds. The van der Waals surface area contributed by atoms with Crippen molar-refractivity contribution in [1.82, 2.24) is 0 Å². The van der Waals surface area contributed by atoms with Crippen LogP contribution in [0.25, 0.3) is 0 Å². The number of benzene rings is 1. The van der Waals surface area contributed by atoms with Crippen molar-refractivity contribution >= 4 is 43.5 Å². The van der Waals surface area contributed by atoms with Crippen molar-refractivity contribution in [3.8, 4) is 0 Å². The van der Waals surface area contributed by atoms with Gasteiger partial charge in [0.1, 0.15) is 5.82 Å². The Balaban J connectivity index is 2.22. The molecule has 0 atom stereocenters. The fourth-order valence-electron chi connectivity index (χ4n) is 1.24. The number of halogens is 3. The van der Waals surface area contributed by atoms with Crippen LogP contribution < -0.4 is 5.32 Å². The van der Waals surface area contributed by atoms with E-state index in [2.05, 4.69) is 37.2 Å². The van der Waals surface area contributed by atoms with Gasteiger partial charge in [0, 0.05) is 4.47 Å². The van der Waals surface area contributed by atoms with Crippen molar-refractivity contribution in [2.75, 3.05) is 5.32 Å². The lowest BCUT2D eigenvalue weighted by atomic mass is 10.2. The molecule has 1 N–H and O–H groups in total. The van der Waals surface area contributed by atoms with Crippen LogP contribution in [0, 0.1) is 5.82 Å². The highest BCUT2D eigenvalue weighted by Crippen LogP contribution is 2.22. The van der Waals surface area contributed by atoms with Crippen LogP contribution >= 0.6 is 31.9 Å². The minimum absolute atomic E-state index is 0.117. The molecule has 0 saturated carbocycles. The van der Waals surface area contributed by atoms with Gasteiger partial charge in [-0.05, 0) is 40.2 Å². The summed E-state index contributed by atoms with van der Waals surface area (Å²) in [5.74, 6) is -0.945. The molecule has 0 aliphatic heterocycles. The van der Waals surface area contributed by atoms with E-state index in [-0.39, 0.29) is 5.69 Å². The molecule has 17 heavy (non-hydrogen) atoms. The van der Waals surface area contributed by atoms with Gasteiger partial charge < -0.3 is 9.73 Å². The van der Waals surface area contributed by atoms with Gasteiger partial charge in [-0.15, -0.1) is 0 Å². The molecule has 88 valence electrons. The van der Waals surface area contributed by atoms with E-state index in [0.29, 0.717) is 14.7 Å². The first kappa shape index (κ1) is 12.3. The molecular formula is C11H6Br2FNO2. The molecule has 1 aromatic carbocycles. The highest BCUT2D eigenvalue weighted by Gasteiger charge is 2.14. The molecule has 0 fully saturated rings. The SMILES string of the molecule is O=C(Nc1ccc(Br)cc1F)c1ccoc1Br. The van der Waals surface area contributed by atoms with Crippen molar-refractivity contribution in [3.63, 3.8) is 0 Å². The Morgan fingerprint density at radius 3 is 2.65 bits per heavy atom. The maximum atomic E-state index is 13.5. The van der Waals surface area contributed by atoms with Gasteiger partial charge in [-0.1, -0.05) is 15.9 Å². The third-order valence-corrected chi connectivity index (χ3v) is 3.15. The van der Waals surface area contributed by atoms with E-state index in [4.69, 9.17) is 4.42 Å². The van der Waals surface area contributed by atoms with Gasteiger partial charge in [0.25, 0.3) is 5.91 Å². The van der Waals surface area contributed by atoms with Crippen molar-refractivity contribution < 1.29 is 13.6 Å². The summed E-state index contributed by atoms with van der Waals surface area (Å²) in [4.78, 5) is 11.8. The smallest absolute Gasteiger partial charge is 0.260 e. The number of hydrogen-bond donors (Lipinski definition) is 1. The number of furan rings is 1. The minimum Gasteiger partial charge on any atom is -0.457 e. The first-order chi connectivity index (χ1) is 8.08. The molecule has 1 heterocycles. The Labute approximate surface area is 113 Å². The molecule has 2 rings (SSSR count). The molecule has 0 radical (unpaired) electrons. The molecule has 2 aromatic rings. The normalized spacial score (nSPS) is 10.3. The van der Waals surface area contributed by atoms with Crippen LogP contribution in [0.4, 0.5) is 10.1 Å².